The average Bonchev–Trinajstić information content (AvgIpc) is 2.71. The number of carbonyl (C=O) groups excluding carboxylic acids is 1. The van der Waals surface area contributed by atoms with Gasteiger partial charge in [0, 0.05) is 0 Å². The van der Waals surface area contributed by atoms with E-state index in [1.165, 1.54) is 0 Å². The number of carbonyl (C=O) groups is 1. The molecule has 0 aromatic heterocycles. The lowest BCUT2D eigenvalue weighted by Crippen LogP contribution is -2.39. The van der Waals surface area contributed by atoms with Crippen molar-refractivity contribution in [2.24, 2.45) is 0 Å². The minimum absolute atomic E-state index is 0.0365. The van der Waals surface area contributed by atoms with Crippen molar-refractivity contribution >= 4 is 16.7 Å². The molecule has 5 nitrogen and oxygen atoms in total. The summed E-state index contributed by atoms with van der Waals surface area (Å²) in [7, 11) is 1.62. The first-order valence-electron chi connectivity index (χ1n) is 8.82. The van der Waals surface area contributed by atoms with Crippen molar-refractivity contribution in [3.05, 3.63) is 66.7 Å². The molecule has 0 saturated heterocycles. The Bertz CT molecular complexity index is 892. The highest BCUT2D eigenvalue weighted by Gasteiger charge is 2.09. The van der Waals surface area contributed by atoms with Crippen molar-refractivity contribution in [2.75, 3.05) is 20.3 Å². The number of ether oxygens (including phenoxy) is 3. The molecule has 0 radical (unpaired) electrons. The van der Waals surface area contributed by atoms with E-state index in [4.69, 9.17) is 14.2 Å². The highest BCUT2D eigenvalue weighted by molar-refractivity contribution is 5.84. The van der Waals surface area contributed by atoms with Crippen LogP contribution in [0.25, 0.3) is 10.8 Å². The van der Waals surface area contributed by atoms with Gasteiger partial charge in [0.25, 0.3) is 5.91 Å². The third-order valence-corrected chi connectivity index (χ3v) is 4.06. The van der Waals surface area contributed by atoms with Crippen molar-refractivity contribution in [3.63, 3.8) is 0 Å². The van der Waals surface area contributed by atoms with Crippen LogP contribution in [0, 0.1) is 0 Å². The fourth-order valence-electron chi connectivity index (χ4n) is 2.66. The summed E-state index contributed by atoms with van der Waals surface area (Å²) in [5.41, 5.74) is 0. The van der Waals surface area contributed by atoms with Crippen molar-refractivity contribution in [1.29, 1.82) is 0 Å². The Morgan fingerprint density at radius 3 is 2.30 bits per heavy atom. The molecular weight excluding hydrogens is 342 g/mol. The third-order valence-electron chi connectivity index (χ3n) is 4.06. The highest BCUT2D eigenvalue weighted by Crippen LogP contribution is 2.20. The fourth-order valence-corrected chi connectivity index (χ4v) is 2.66. The van der Waals surface area contributed by atoms with Crippen LogP contribution in [0.5, 0.6) is 17.2 Å². The van der Waals surface area contributed by atoms with E-state index in [-0.39, 0.29) is 18.6 Å². The van der Waals surface area contributed by atoms with Gasteiger partial charge in [0.05, 0.1) is 13.2 Å². The van der Waals surface area contributed by atoms with Gasteiger partial charge in [-0.05, 0) is 54.1 Å². The maximum absolute atomic E-state index is 12.1. The van der Waals surface area contributed by atoms with Gasteiger partial charge in [0.15, 0.2) is 6.61 Å². The summed E-state index contributed by atoms with van der Waals surface area (Å²) in [5.74, 6) is 1.99. The first-order valence-corrected chi connectivity index (χ1v) is 8.82. The molecule has 5 heteroatoms. The Balaban J connectivity index is 1.43. The molecule has 1 atom stereocenters. The molecule has 27 heavy (non-hydrogen) atoms. The van der Waals surface area contributed by atoms with Gasteiger partial charge in [0.1, 0.15) is 23.9 Å². The smallest absolute Gasteiger partial charge is 0.258 e. The topological polar surface area (TPSA) is 56.8 Å². The van der Waals surface area contributed by atoms with E-state index < -0.39 is 0 Å². The SMILES string of the molecule is COc1ccc(OCC(C)NC(=O)COc2ccc3ccccc3c2)cc1. The van der Waals surface area contributed by atoms with Gasteiger partial charge < -0.3 is 19.5 Å². The minimum Gasteiger partial charge on any atom is -0.497 e. The number of rotatable bonds is 8. The fraction of sp³-hybridized carbons (Fsp3) is 0.227. The second-order valence-electron chi connectivity index (χ2n) is 6.25. The quantitative estimate of drug-likeness (QED) is 0.659. The van der Waals surface area contributed by atoms with Gasteiger partial charge in [-0.15, -0.1) is 0 Å². The van der Waals surface area contributed by atoms with Crippen LogP contribution in [0.4, 0.5) is 0 Å². The van der Waals surface area contributed by atoms with Crippen LogP contribution in [-0.2, 0) is 4.79 Å². The predicted octanol–water partition coefficient (Wildman–Crippen LogP) is 3.81. The van der Waals surface area contributed by atoms with E-state index in [9.17, 15) is 4.79 Å². The number of fused-ring (bicyclic) bond motifs is 1. The van der Waals surface area contributed by atoms with Crippen LogP contribution >= 0.6 is 0 Å². The zero-order valence-electron chi connectivity index (χ0n) is 15.5. The van der Waals surface area contributed by atoms with Gasteiger partial charge in [-0.3, -0.25) is 4.79 Å². The number of methoxy groups -OCH3 is 1. The second kappa shape index (κ2) is 8.94. The maximum atomic E-state index is 12.1. The van der Waals surface area contributed by atoms with E-state index in [1.54, 1.807) is 7.11 Å². The summed E-state index contributed by atoms with van der Waals surface area (Å²) in [4.78, 5) is 12.1. The lowest BCUT2D eigenvalue weighted by Gasteiger charge is -2.15. The second-order valence-corrected chi connectivity index (χ2v) is 6.25. The zero-order valence-corrected chi connectivity index (χ0v) is 15.5. The number of nitrogens with one attached hydrogen (secondary N) is 1. The molecule has 1 unspecified atom stereocenters. The highest BCUT2D eigenvalue weighted by atomic mass is 16.5. The molecule has 1 N–H and O–H groups in total. The van der Waals surface area contributed by atoms with Crippen LogP contribution in [0.2, 0.25) is 0 Å². The Labute approximate surface area is 158 Å². The summed E-state index contributed by atoms with van der Waals surface area (Å²) in [6, 6.07) is 21.0. The van der Waals surface area contributed by atoms with Crippen LogP contribution < -0.4 is 19.5 Å². The lowest BCUT2D eigenvalue weighted by atomic mass is 10.1. The first-order chi connectivity index (χ1) is 13.1. The van der Waals surface area contributed by atoms with E-state index >= 15 is 0 Å². The Morgan fingerprint density at radius 1 is 0.889 bits per heavy atom. The molecule has 3 aromatic carbocycles. The van der Waals surface area contributed by atoms with Gasteiger partial charge in [-0.1, -0.05) is 30.3 Å². The van der Waals surface area contributed by atoms with Crippen LogP contribution in [-0.4, -0.2) is 32.3 Å². The van der Waals surface area contributed by atoms with E-state index in [1.807, 2.05) is 73.7 Å². The van der Waals surface area contributed by atoms with Crippen molar-refractivity contribution in [3.8, 4) is 17.2 Å². The molecule has 0 bridgehead atoms. The summed E-state index contributed by atoms with van der Waals surface area (Å²) < 4.78 is 16.4. The minimum atomic E-state index is -0.186. The molecule has 3 rings (SSSR count). The summed E-state index contributed by atoms with van der Waals surface area (Å²) in [6.07, 6.45) is 0. The average molecular weight is 365 g/mol. The Morgan fingerprint density at radius 2 is 1.56 bits per heavy atom. The zero-order chi connectivity index (χ0) is 19.1. The summed E-state index contributed by atoms with van der Waals surface area (Å²) in [5, 5.41) is 5.08. The molecule has 0 aliphatic carbocycles. The molecule has 140 valence electrons. The molecule has 1 amide bonds. The van der Waals surface area contributed by atoms with Crippen molar-refractivity contribution in [2.45, 2.75) is 13.0 Å². The summed E-state index contributed by atoms with van der Waals surface area (Å²) in [6.45, 7) is 2.22. The van der Waals surface area contributed by atoms with Crippen LogP contribution in [0.1, 0.15) is 6.92 Å². The monoisotopic (exact) mass is 365 g/mol. The van der Waals surface area contributed by atoms with E-state index in [0.717, 1.165) is 22.3 Å². The molecule has 3 aromatic rings. The maximum Gasteiger partial charge on any atom is 0.258 e. The number of hydrogen-bond donors (Lipinski definition) is 1. The van der Waals surface area contributed by atoms with E-state index in [2.05, 4.69) is 5.32 Å². The van der Waals surface area contributed by atoms with Gasteiger partial charge in [-0.2, -0.15) is 0 Å². The van der Waals surface area contributed by atoms with Gasteiger partial charge in [-0.25, -0.2) is 0 Å². The Hall–Kier alpha value is -3.21. The predicted molar refractivity (Wildman–Crippen MR) is 106 cm³/mol. The number of hydrogen-bond acceptors (Lipinski definition) is 4. The normalized spacial score (nSPS) is 11.6. The molecule has 0 fully saturated rings. The van der Waals surface area contributed by atoms with Gasteiger partial charge >= 0.3 is 0 Å². The summed E-state index contributed by atoms with van der Waals surface area (Å²) >= 11 is 0. The molecule has 0 aliphatic rings. The molecule has 0 aliphatic heterocycles. The van der Waals surface area contributed by atoms with Crippen LogP contribution in [0.3, 0.4) is 0 Å². The first kappa shape index (κ1) is 18.6. The molecular formula is C22H23NO4. The van der Waals surface area contributed by atoms with Gasteiger partial charge in [0.2, 0.25) is 0 Å². The molecule has 0 spiro atoms. The van der Waals surface area contributed by atoms with E-state index in [0.29, 0.717) is 12.4 Å². The third kappa shape index (κ3) is 5.38. The Kier molecular flexibility index (Phi) is 6.15. The largest absolute Gasteiger partial charge is 0.497 e. The van der Waals surface area contributed by atoms with Crippen molar-refractivity contribution in [1.82, 2.24) is 5.32 Å². The van der Waals surface area contributed by atoms with Crippen LogP contribution in [0.15, 0.2) is 66.7 Å². The van der Waals surface area contributed by atoms with Crippen molar-refractivity contribution < 1.29 is 19.0 Å². The lowest BCUT2D eigenvalue weighted by molar-refractivity contribution is -0.123. The molecule has 0 heterocycles. The number of amides is 1. The molecule has 0 saturated carbocycles. The standard InChI is InChI=1S/C22H23NO4/c1-16(14-26-20-11-9-19(25-2)10-12-20)23-22(24)15-27-21-8-7-17-5-3-4-6-18(17)13-21/h3-13,16H,14-15H2,1-2H3,(H,23,24). The number of benzene rings is 3.